The fraction of sp³-hybridized carbons (Fsp3) is 0.158. The van der Waals surface area contributed by atoms with Crippen LogP contribution >= 0.6 is 34.8 Å². The number of ether oxygens (including phenoxy) is 1. The summed E-state index contributed by atoms with van der Waals surface area (Å²) in [4.78, 5) is 26.3. The molecule has 2 aromatic carbocycles. The average Bonchev–Trinajstić information content (AvgIpc) is 2.80. The molecular formula is C19H14Cl3NO3. The zero-order chi connectivity index (χ0) is 19.0. The molecule has 0 aliphatic carbocycles. The molecule has 0 saturated carbocycles. The monoisotopic (exact) mass is 409 g/mol. The van der Waals surface area contributed by atoms with Gasteiger partial charge in [0, 0.05) is 0 Å². The molecule has 2 amide bonds. The molecule has 0 spiro atoms. The number of carbonyl (C=O) groups is 2. The molecular weight excluding hydrogens is 397 g/mol. The minimum atomic E-state index is -0.604. The maximum atomic E-state index is 12.8. The molecule has 0 radical (unpaired) electrons. The van der Waals surface area contributed by atoms with E-state index in [-0.39, 0.29) is 21.7 Å². The maximum Gasteiger partial charge on any atom is 0.277 e. The van der Waals surface area contributed by atoms with Crippen molar-refractivity contribution in [3.8, 4) is 5.75 Å². The summed E-state index contributed by atoms with van der Waals surface area (Å²) in [6, 6.07) is 11.4. The van der Waals surface area contributed by atoms with Gasteiger partial charge in [-0.2, -0.15) is 0 Å². The van der Waals surface area contributed by atoms with E-state index in [0.717, 1.165) is 4.90 Å². The average molecular weight is 411 g/mol. The van der Waals surface area contributed by atoms with E-state index >= 15 is 0 Å². The quantitative estimate of drug-likeness (QED) is 0.642. The Kier molecular flexibility index (Phi) is 5.28. The predicted molar refractivity (Wildman–Crippen MR) is 104 cm³/mol. The van der Waals surface area contributed by atoms with Gasteiger partial charge >= 0.3 is 0 Å². The van der Waals surface area contributed by atoms with Crippen molar-refractivity contribution in [3.63, 3.8) is 0 Å². The SMILES string of the molecule is CC(C)Oc1ccc(C2=C(Cl)C(=O)N(c3ccc(Cl)c(Cl)c3)C2=O)cc1. The number of nitrogens with zero attached hydrogens (tertiary/aromatic N) is 1. The first-order chi connectivity index (χ1) is 12.3. The minimum Gasteiger partial charge on any atom is -0.491 e. The predicted octanol–water partition coefficient (Wildman–Crippen LogP) is 5.30. The number of imide groups is 1. The summed E-state index contributed by atoms with van der Waals surface area (Å²) in [5.74, 6) is -0.456. The van der Waals surface area contributed by atoms with Crippen LogP contribution in [0.2, 0.25) is 10.0 Å². The van der Waals surface area contributed by atoms with Gasteiger partial charge < -0.3 is 4.74 Å². The van der Waals surface area contributed by atoms with Gasteiger partial charge in [-0.25, -0.2) is 4.90 Å². The molecule has 7 heteroatoms. The molecule has 0 N–H and O–H groups in total. The van der Waals surface area contributed by atoms with Crippen LogP contribution in [0.15, 0.2) is 47.5 Å². The van der Waals surface area contributed by atoms with Crippen molar-refractivity contribution in [2.24, 2.45) is 0 Å². The summed E-state index contributed by atoms with van der Waals surface area (Å²) >= 11 is 18.1. The zero-order valence-corrected chi connectivity index (χ0v) is 16.2. The lowest BCUT2D eigenvalue weighted by Gasteiger charge is -2.15. The first-order valence-corrected chi connectivity index (χ1v) is 8.93. The molecule has 0 unspecified atom stereocenters. The first-order valence-electron chi connectivity index (χ1n) is 7.80. The number of anilines is 1. The van der Waals surface area contributed by atoms with Gasteiger partial charge in [-0.1, -0.05) is 46.9 Å². The highest BCUT2D eigenvalue weighted by Crippen LogP contribution is 2.37. The first kappa shape index (κ1) is 18.8. The van der Waals surface area contributed by atoms with Gasteiger partial charge in [0.05, 0.1) is 27.4 Å². The summed E-state index contributed by atoms with van der Waals surface area (Å²) in [6.07, 6.45) is 0.0310. The molecule has 4 nitrogen and oxygen atoms in total. The van der Waals surface area contributed by atoms with Gasteiger partial charge in [-0.05, 0) is 49.7 Å². The summed E-state index contributed by atoms with van der Waals surface area (Å²) in [5, 5.41) is 0.428. The lowest BCUT2D eigenvalue weighted by Crippen LogP contribution is -2.31. The molecule has 0 fully saturated rings. The smallest absolute Gasteiger partial charge is 0.277 e. The number of hydrogen-bond acceptors (Lipinski definition) is 3. The summed E-state index contributed by atoms with van der Waals surface area (Å²) in [7, 11) is 0. The highest BCUT2D eigenvalue weighted by molar-refractivity contribution is 6.60. The molecule has 1 aliphatic rings. The van der Waals surface area contributed by atoms with Crippen LogP contribution in [0.5, 0.6) is 5.75 Å². The molecule has 0 atom stereocenters. The molecule has 0 aromatic heterocycles. The molecule has 1 aliphatic heterocycles. The van der Waals surface area contributed by atoms with Crippen molar-refractivity contribution in [3.05, 3.63) is 63.1 Å². The van der Waals surface area contributed by atoms with Crippen LogP contribution in [0, 0.1) is 0 Å². The summed E-state index contributed by atoms with van der Waals surface area (Å²) in [5.41, 5.74) is 0.980. The number of carbonyl (C=O) groups excluding carboxylic acids is 2. The maximum absolute atomic E-state index is 12.8. The van der Waals surface area contributed by atoms with E-state index in [1.807, 2.05) is 13.8 Å². The molecule has 26 heavy (non-hydrogen) atoms. The van der Waals surface area contributed by atoms with E-state index in [1.54, 1.807) is 24.3 Å². The van der Waals surface area contributed by atoms with Crippen LogP contribution < -0.4 is 9.64 Å². The van der Waals surface area contributed by atoms with Crippen molar-refractivity contribution >= 4 is 57.9 Å². The second-order valence-electron chi connectivity index (χ2n) is 5.92. The Morgan fingerprint density at radius 1 is 0.885 bits per heavy atom. The van der Waals surface area contributed by atoms with E-state index in [0.29, 0.717) is 22.0 Å². The second kappa shape index (κ2) is 7.31. The molecule has 3 rings (SSSR count). The number of halogens is 3. The molecule has 0 bridgehead atoms. The number of amides is 2. The topological polar surface area (TPSA) is 46.6 Å². The Morgan fingerprint density at radius 3 is 2.12 bits per heavy atom. The Hall–Kier alpha value is -2.01. The van der Waals surface area contributed by atoms with Crippen molar-refractivity contribution in [2.45, 2.75) is 20.0 Å². The van der Waals surface area contributed by atoms with Crippen LogP contribution in [-0.2, 0) is 9.59 Å². The van der Waals surface area contributed by atoms with Gasteiger partial charge in [-0.15, -0.1) is 0 Å². The fourth-order valence-electron chi connectivity index (χ4n) is 2.58. The third-order valence-electron chi connectivity index (χ3n) is 3.70. The van der Waals surface area contributed by atoms with Gasteiger partial charge in [0.2, 0.25) is 0 Å². The van der Waals surface area contributed by atoms with Crippen LogP contribution in [0.1, 0.15) is 19.4 Å². The highest BCUT2D eigenvalue weighted by atomic mass is 35.5. The van der Waals surface area contributed by atoms with E-state index in [9.17, 15) is 9.59 Å². The summed E-state index contributed by atoms with van der Waals surface area (Å²) < 4.78 is 5.58. The largest absolute Gasteiger partial charge is 0.491 e. The van der Waals surface area contributed by atoms with Crippen LogP contribution in [0.3, 0.4) is 0 Å². The lowest BCUT2D eigenvalue weighted by molar-refractivity contribution is -0.119. The van der Waals surface area contributed by atoms with Crippen molar-refractivity contribution < 1.29 is 14.3 Å². The van der Waals surface area contributed by atoms with Gasteiger partial charge in [-0.3, -0.25) is 9.59 Å². The van der Waals surface area contributed by atoms with Crippen molar-refractivity contribution in [2.75, 3.05) is 4.90 Å². The van der Waals surface area contributed by atoms with Crippen LogP contribution in [-0.4, -0.2) is 17.9 Å². The standard InChI is InChI=1S/C19H14Cl3NO3/c1-10(2)26-13-6-3-11(4-7-13)16-17(22)19(25)23(18(16)24)12-5-8-14(20)15(21)9-12/h3-10H,1-2H3. The molecule has 2 aromatic rings. The Labute approximate surface area is 165 Å². The van der Waals surface area contributed by atoms with Crippen molar-refractivity contribution in [1.82, 2.24) is 0 Å². The second-order valence-corrected chi connectivity index (χ2v) is 7.12. The van der Waals surface area contributed by atoms with Gasteiger partial charge in [0.15, 0.2) is 0 Å². The molecule has 1 heterocycles. The number of benzene rings is 2. The van der Waals surface area contributed by atoms with E-state index < -0.39 is 11.8 Å². The zero-order valence-electron chi connectivity index (χ0n) is 13.9. The van der Waals surface area contributed by atoms with E-state index in [1.165, 1.54) is 18.2 Å². The normalized spacial score (nSPS) is 14.6. The van der Waals surface area contributed by atoms with Crippen molar-refractivity contribution in [1.29, 1.82) is 0 Å². The molecule has 134 valence electrons. The highest BCUT2D eigenvalue weighted by Gasteiger charge is 2.39. The number of hydrogen-bond donors (Lipinski definition) is 0. The van der Waals surface area contributed by atoms with Gasteiger partial charge in [0.25, 0.3) is 11.8 Å². The van der Waals surface area contributed by atoms with Crippen LogP contribution in [0.4, 0.5) is 5.69 Å². The minimum absolute atomic E-state index is 0.0310. The lowest BCUT2D eigenvalue weighted by atomic mass is 10.1. The van der Waals surface area contributed by atoms with Crippen LogP contribution in [0.25, 0.3) is 5.57 Å². The van der Waals surface area contributed by atoms with Gasteiger partial charge in [0.1, 0.15) is 10.8 Å². The van der Waals surface area contributed by atoms with E-state index in [4.69, 9.17) is 39.5 Å². The fourth-order valence-corrected chi connectivity index (χ4v) is 3.15. The Bertz CT molecular complexity index is 920. The summed E-state index contributed by atoms with van der Waals surface area (Å²) in [6.45, 7) is 3.84. The number of rotatable bonds is 4. The van der Waals surface area contributed by atoms with E-state index in [2.05, 4.69) is 0 Å². The third-order valence-corrected chi connectivity index (χ3v) is 4.79. The Balaban J connectivity index is 1.95. The molecule has 0 saturated heterocycles. The Morgan fingerprint density at radius 2 is 1.54 bits per heavy atom. The third kappa shape index (κ3) is 3.45.